The van der Waals surface area contributed by atoms with Gasteiger partial charge < -0.3 is 16.8 Å². The summed E-state index contributed by atoms with van der Waals surface area (Å²) in [6.07, 6.45) is 6.58. The second-order valence-electron chi connectivity index (χ2n) is 3.00. The van der Waals surface area contributed by atoms with Gasteiger partial charge in [0.15, 0.2) is 0 Å². The minimum atomic E-state index is -0.457. The van der Waals surface area contributed by atoms with Crippen molar-refractivity contribution in [3.05, 3.63) is 0 Å². The van der Waals surface area contributed by atoms with Crippen LogP contribution >= 0.6 is 34.0 Å². The zero-order valence-electron chi connectivity index (χ0n) is 8.73. The maximum Gasteiger partial charge on any atom is 0.236 e. The lowest BCUT2D eigenvalue weighted by atomic mass is 10.2. The minimum Gasteiger partial charge on any atom is -0.355 e. The smallest absolute Gasteiger partial charge is 0.236 e. The largest absolute Gasteiger partial charge is 0.355 e. The molecule has 0 aromatic heterocycles. The van der Waals surface area contributed by atoms with E-state index in [4.69, 9.17) is 17.9 Å². The van der Waals surface area contributed by atoms with Gasteiger partial charge in [-0.2, -0.15) is 0 Å². The molecule has 0 aromatic carbocycles. The van der Waals surface area contributed by atoms with Crippen LogP contribution in [0.4, 0.5) is 0 Å². The first kappa shape index (κ1) is 20.3. The van der Waals surface area contributed by atoms with E-state index in [0.717, 1.165) is 12.8 Å². The van der Waals surface area contributed by atoms with Crippen molar-refractivity contribution in [3.8, 4) is 12.3 Å². The molecule has 15 heavy (non-hydrogen) atoms. The second-order valence-corrected chi connectivity index (χ2v) is 3.00. The highest BCUT2D eigenvalue weighted by Gasteiger charge is 2.05. The van der Waals surface area contributed by atoms with E-state index in [1.807, 2.05) is 0 Å². The van der Waals surface area contributed by atoms with E-state index in [2.05, 4.69) is 11.2 Å². The summed E-state index contributed by atoms with van der Waals surface area (Å²) >= 11 is 0. The standard InChI is InChI=1S/C9H17N3O.2BrH/c1-3-8(11)5-4-6-12-9(13)7(2)10;;/h1,7-8H,4-6,10-11H2,2H3,(H,12,13);2*1H. The van der Waals surface area contributed by atoms with E-state index in [-0.39, 0.29) is 45.9 Å². The summed E-state index contributed by atoms with van der Waals surface area (Å²) in [6.45, 7) is 2.22. The molecule has 0 radical (unpaired) electrons. The van der Waals surface area contributed by atoms with Gasteiger partial charge in [-0.05, 0) is 19.8 Å². The zero-order chi connectivity index (χ0) is 10.3. The molecule has 0 fully saturated rings. The van der Waals surface area contributed by atoms with Crippen LogP contribution in [0.2, 0.25) is 0 Å². The highest BCUT2D eigenvalue weighted by atomic mass is 79.9. The van der Waals surface area contributed by atoms with Crippen LogP contribution < -0.4 is 16.8 Å². The number of terminal acetylenes is 1. The Bertz CT molecular complexity index is 204. The lowest BCUT2D eigenvalue weighted by molar-refractivity contribution is -0.121. The molecule has 4 nitrogen and oxygen atoms in total. The molecule has 0 aromatic rings. The molecule has 0 spiro atoms. The van der Waals surface area contributed by atoms with Crippen molar-refractivity contribution in [1.29, 1.82) is 0 Å². The van der Waals surface area contributed by atoms with Gasteiger partial charge in [-0.25, -0.2) is 0 Å². The fourth-order valence-corrected chi connectivity index (χ4v) is 0.778. The van der Waals surface area contributed by atoms with Gasteiger partial charge in [0.2, 0.25) is 5.91 Å². The first-order chi connectivity index (χ1) is 6.07. The lowest BCUT2D eigenvalue weighted by Gasteiger charge is -2.08. The summed E-state index contributed by atoms with van der Waals surface area (Å²) in [7, 11) is 0. The Morgan fingerprint density at radius 3 is 2.40 bits per heavy atom. The zero-order valence-corrected chi connectivity index (χ0v) is 12.2. The number of halogens is 2. The van der Waals surface area contributed by atoms with Crippen LogP contribution in [0.25, 0.3) is 0 Å². The number of hydrogen-bond acceptors (Lipinski definition) is 3. The van der Waals surface area contributed by atoms with Crippen LogP contribution in [0.5, 0.6) is 0 Å². The number of carbonyl (C=O) groups excluding carboxylic acids is 1. The molecule has 0 heterocycles. The summed E-state index contributed by atoms with van der Waals surface area (Å²) in [5, 5.41) is 2.67. The van der Waals surface area contributed by atoms with Crippen molar-refractivity contribution in [2.24, 2.45) is 11.5 Å². The first-order valence-electron chi connectivity index (χ1n) is 4.33. The molecular weight excluding hydrogens is 326 g/mol. The monoisotopic (exact) mass is 343 g/mol. The number of rotatable bonds is 5. The van der Waals surface area contributed by atoms with E-state index in [9.17, 15) is 4.79 Å². The molecule has 90 valence electrons. The second kappa shape index (κ2) is 12.0. The van der Waals surface area contributed by atoms with Crippen LogP contribution in [0.1, 0.15) is 19.8 Å². The molecule has 2 unspecified atom stereocenters. The van der Waals surface area contributed by atoms with Crippen molar-refractivity contribution in [1.82, 2.24) is 5.32 Å². The lowest BCUT2D eigenvalue weighted by Crippen LogP contribution is -2.38. The van der Waals surface area contributed by atoms with Crippen LogP contribution in [-0.2, 0) is 4.79 Å². The number of amides is 1. The molecule has 1 amide bonds. The Kier molecular flexibility index (Phi) is 16.2. The third kappa shape index (κ3) is 11.8. The van der Waals surface area contributed by atoms with Gasteiger partial charge in [-0.1, -0.05) is 5.92 Å². The Balaban J connectivity index is -0.000000720. The van der Waals surface area contributed by atoms with Crippen LogP contribution in [0, 0.1) is 12.3 Å². The molecule has 0 saturated heterocycles. The third-order valence-corrected chi connectivity index (χ3v) is 1.62. The predicted molar refractivity (Wildman–Crippen MR) is 73.3 cm³/mol. The van der Waals surface area contributed by atoms with Gasteiger partial charge >= 0.3 is 0 Å². The van der Waals surface area contributed by atoms with Crippen LogP contribution in [-0.4, -0.2) is 24.5 Å². The molecule has 0 bridgehead atoms. The van der Waals surface area contributed by atoms with Gasteiger partial charge in [0.25, 0.3) is 0 Å². The Morgan fingerprint density at radius 2 is 2.00 bits per heavy atom. The Labute approximate surface area is 112 Å². The molecule has 0 rings (SSSR count). The quantitative estimate of drug-likeness (QED) is 0.497. The number of nitrogens with one attached hydrogen (secondary N) is 1. The molecule has 0 aliphatic heterocycles. The van der Waals surface area contributed by atoms with Gasteiger partial charge in [0.05, 0.1) is 12.1 Å². The minimum absolute atomic E-state index is 0. The molecule has 0 aliphatic carbocycles. The van der Waals surface area contributed by atoms with Crippen LogP contribution in [0.3, 0.4) is 0 Å². The Morgan fingerprint density at radius 1 is 1.47 bits per heavy atom. The van der Waals surface area contributed by atoms with Gasteiger partial charge in [-0.15, -0.1) is 40.4 Å². The number of nitrogens with two attached hydrogens (primary N) is 2. The topological polar surface area (TPSA) is 81.1 Å². The van der Waals surface area contributed by atoms with Crippen molar-refractivity contribution >= 4 is 39.9 Å². The SMILES string of the molecule is Br.Br.C#CC(N)CCCNC(=O)C(C)N. The highest BCUT2D eigenvalue weighted by molar-refractivity contribution is 8.93. The van der Waals surface area contributed by atoms with E-state index in [0.29, 0.717) is 6.54 Å². The van der Waals surface area contributed by atoms with Crippen molar-refractivity contribution in [2.45, 2.75) is 31.8 Å². The van der Waals surface area contributed by atoms with Gasteiger partial charge in [0, 0.05) is 6.54 Å². The summed E-state index contributed by atoms with van der Waals surface area (Å²) in [4.78, 5) is 10.9. The maximum absolute atomic E-state index is 10.9. The van der Waals surface area contributed by atoms with Crippen molar-refractivity contribution in [3.63, 3.8) is 0 Å². The number of hydrogen-bond donors (Lipinski definition) is 3. The molecular formula is C9H19Br2N3O. The molecule has 6 heteroatoms. The average Bonchev–Trinajstić information content (AvgIpc) is 2.11. The highest BCUT2D eigenvalue weighted by Crippen LogP contribution is 1.91. The summed E-state index contributed by atoms with van der Waals surface area (Å²) in [5.41, 5.74) is 10.8. The van der Waals surface area contributed by atoms with E-state index in [1.54, 1.807) is 6.92 Å². The Hall–Kier alpha value is -0.0900. The number of carbonyl (C=O) groups is 1. The van der Waals surface area contributed by atoms with Crippen molar-refractivity contribution in [2.75, 3.05) is 6.54 Å². The molecule has 0 saturated carbocycles. The van der Waals surface area contributed by atoms with E-state index >= 15 is 0 Å². The summed E-state index contributed by atoms with van der Waals surface area (Å²) < 4.78 is 0. The van der Waals surface area contributed by atoms with Crippen molar-refractivity contribution < 1.29 is 4.79 Å². The molecule has 5 N–H and O–H groups in total. The van der Waals surface area contributed by atoms with Gasteiger partial charge in [0.1, 0.15) is 0 Å². The third-order valence-electron chi connectivity index (χ3n) is 1.62. The summed E-state index contributed by atoms with van der Waals surface area (Å²) in [5.74, 6) is 2.27. The summed E-state index contributed by atoms with van der Waals surface area (Å²) in [6, 6.07) is -0.673. The van der Waals surface area contributed by atoms with E-state index < -0.39 is 6.04 Å². The predicted octanol–water partition coefficient (Wildman–Crippen LogP) is 0.346. The van der Waals surface area contributed by atoms with Gasteiger partial charge in [-0.3, -0.25) is 4.79 Å². The first-order valence-corrected chi connectivity index (χ1v) is 4.33. The molecule has 2 atom stereocenters. The fourth-order valence-electron chi connectivity index (χ4n) is 0.778. The normalized spacial score (nSPS) is 12.4. The van der Waals surface area contributed by atoms with E-state index in [1.165, 1.54) is 0 Å². The van der Waals surface area contributed by atoms with Crippen LogP contribution in [0.15, 0.2) is 0 Å². The maximum atomic E-state index is 10.9. The fraction of sp³-hybridized carbons (Fsp3) is 0.667. The average molecular weight is 345 g/mol. The molecule has 0 aliphatic rings.